The molecule has 0 aliphatic rings. The Bertz CT molecular complexity index is 126. The van der Waals surface area contributed by atoms with Crippen LogP contribution in [0.2, 0.25) is 0 Å². The fourth-order valence-corrected chi connectivity index (χ4v) is 1.79. The van der Waals surface area contributed by atoms with Gasteiger partial charge in [-0.2, -0.15) is 11.8 Å². The molecule has 0 spiro atoms. The molecular formula is C9H19NOS. The average molecular weight is 189 g/mol. The maximum absolute atomic E-state index is 11.1. The number of rotatable bonds is 7. The molecule has 0 amide bonds. The summed E-state index contributed by atoms with van der Waals surface area (Å²) >= 11 is 1.74. The third-order valence-corrected chi connectivity index (χ3v) is 2.47. The number of hydrogen-bond donors (Lipinski definition) is 0. The van der Waals surface area contributed by atoms with E-state index < -0.39 is 0 Å². The zero-order valence-corrected chi connectivity index (χ0v) is 9.12. The van der Waals surface area contributed by atoms with Crippen LogP contribution in [-0.4, -0.2) is 42.8 Å². The van der Waals surface area contributed by atoms with Crippen molar-refractivity contribution in [1.82, 2.24) is 4.90 Å². The molecule has 0 rings (SSSR count). The highest BCUT2D eigenvalue weighted by molar-refractivity contribution is 7.99. The van der Waals surface area contributed by atoms with Gasteiger partial charge in [-0.1, -0.05) is 6.92 Å². The van der Waals surface area contributed by atoms with E-state index in [1.54, 1.807) is 11.8 Å². The van der Waals surface area contributed by atoms with Crippen LogP contribution in [0.5, 0.6) is 0 Å². The highest BCUT2D eigenvalue weighted by atomic mass is 32.2. The SMILES string of the molecule is CCCC(=O)CSCCN(C)C. The summed E-state index contributed by atoms with van der Waals surface area (Å²) in [4.78, 5) is 13.2. The summed E-state index contributed by atoms with van der Waals surface area (Å²) in [5.41, 5.74) is 0. The Hall–Kier alpha value is -0.0200. The highest BCUT2D eigenvalue weighted by Gasteiger charge is 1.99. The van der Waals surface area contributed by atoms with E-state index >= 15 is 0 Å². The number of carbonyl (C=O) groups is 1. The number of ketones is 1. The van der Waals surface area contributed by atoms with Crippen LogP contribution in [0.25, 0.3) is 0 Å². The van der Waals surface area contributed by atoms with Crippen LogP contribution < -0.4 is 0 Å². The monoisotopic (exact) mass is 189 g/mol. The van der Waals surface area contributed by atoms with E-state index in [9.17, 15) is 4.79 Å². The second-order valence-corrected chi connectivity index (χ2v) is 4.25. The van der Waals surface area contributed by atoms with Crippen molar-refractivity contribution >= 4 is 17.5 Å². The molecule has 0 aliphatic heterocycles. The Morgan fingerprint density at radius 2 is 2.08 bits per heavy atom. The highest BCUT2D eigenvalue weighted by Crippen LogP contribution is 2.02. The third-order valence-electron chi connectivity index (χ3n) is 1.47. The molecule has 0 atom stereocenters. The van der Waals surface area contributed by atoms with Crippen LogP contribution in [-0.2, 0) is 4.79 Å². The number of carbonyl (C=O) groups excluding carboxylic acids is 1. The van der Waals surface area contributed by atoms with E-state index in [0.717, 1.165) is 25.1 Å². The number of nitrogens with zero attached hydrogens (tertiary/aromatic N) is 1. The maximum atomic E-state index is 11.1. The van der Waals surface area contributed by atoms with Gasteiger partial charge in [0.05, 0.1) is 5.75 Å². The summed E-state index contributed by atoms with van der Waals surface area (Å²) in [6.45, 7) is 3.10. The molecule has 0 aromatic rings. The topological polar surface area (TPSA) is 20.3 Å². The van der Waals surface area contributed by atoms with Gasteiger partial charge in [-0.05, 0) is 20.5 Å². The van der Waals surface area contributed by atoms with Crippen molar-refractivity contribution in [3.05, 3.63) is 0 Å². The zero-order chi connectivity index (χ0) is 9.40. The Morgan fingerprint density at radius 1 is 1.42 bits per heavy atom. The van der Waals surface area contributed by atoms with Gasteiger partial charge in [-0.15, -0.1) is 0 Å². The molecule has 0 heterocycles. The quantitative estimate of drug-likeness (QED) is 0.568. The van der Waals surface area contributed by atoms with Gasteiger partial charge in [-0.25, -0.2) is 0 Å². The van der Waals surface area contributed by atoms with Gasteiger partial charge < -0.3 is 4.90 Å². The first-order chi connectivity index (χ1) is 5.66. The number of hydrogen-bond acceptors (Lipinski definition) is 3. The minimum Gasteiger partial charge on any atom is -0.309 e. The molecule has 72 valence electrons. The van der Waals surface area contributed by atoms with Crippen molar-refractivity contribution in [1.29, 1.82) is 0 Å². The predicted molar refractivity (Wildman–Crippen MR) is 55.8 cm³/mol. The molecule has 0 aromatic carbocycles. The lowest BCUT2D eigenvalue weighted by molar-refractivity contribution is -0.116. The summed E-state index contributed by atoms with van der Waals surface area (Å²) in [5.74, 6) is 2.14. The minimum absolute atomic E-state index is 0.390. The smallest absolute Gasteiger partial charge is 0.142 e. The van der Waals surface area contributed by atoms with Crippen molar-refractivity contribution in [2.24, 2.45) is 0 Å². The molecule has 0 saturated carbocycles. The van der Waals surface area contributed by atoms with E-state index in [0.29, 0.717) is 11.5 Å². The Morgan fingerprint density at radius 3 is 2.58 bits per heavy atom. The van der Waals surface area contributed by atoms with Crippen molar-refractivity contribution in [3.8, 4) is 0 Å². The molecule has 2 nitrogen and oxygen atoms in total. The van der Waals surface area contributed by atoms with Crippen LogP contribution in [0.1, 0.15) is 19.8 Å². The lowest BCUT2D eigenvalue weighted by Crippen LogP contribution is -2.15. The summed E-state index contributed by atoms with van der Waals surface area (Å²) in [5, 5.41) is 0. The third kappa shape index (κ3) is 8.08. The number of Topliss-reactive ketones (excluding diaryl/α,β-unsaturated/α-hetero) is 1. The van der Waals surface area contributed by atoms with E-state index in [2.05, 4.69) is 19.0 Å². The van der Waals surface area contributed by atoms with Gasteiger partial charge in [0.1, 0.15) is 5.78 Å². The average Bonchev–Trinajstić information content (AvgIpc) is 1.98. The Balaban J connectivity index is 3.14. The van der Waals surface area contributed by atoms with Crippen LogP contribution in [0.15, 0.2) is 0 Å². The first-order valence-corrected chi connectivity index (χ1v) is 5.56. The predicted octanol–water partition coefficient (Wildman–Crippen LogP) is 1.65. The van der Waals surface area contributed by atoms with E-state index in [4.69, 9.17) is 0 Å². The maximum Gasteiger partial charge on any atom is 0.142 e. The minimum atomic E-state index is 0.390. The van der Waals surface area contributed by atoms with Crippen LogP contribution in [0.4, 0.5) is 0 Å². The summed E-state index contributed by atoms with van der Waals surface area (Å²) in [6.07, 6.45) is 1.72. The summed E-state index contributed by atoms with van der Waals surface area (Å²) < 4.78 is 0. The van der Waals surface area contributed by atoms with Gasteiger partial charge in [0.2, 0.25) is 0 Å². The van der Waals surface area contributed by atoms with Crippen molar-refractivity contribution < 1.29 is 4.79 Å². The van der Waals surface area contributed by atoms with Gasteiger partial charge in [-0.3, -0.25) is 4.79 Å². The first-order valence-electron chi connectivity index (χ1n) is 4.41. The molecule has 0 aliphatic carbocycles. The van der Waals surface area contributed by atoms with E-state index in [1.165, 1.54) is 0 Å². The number of thioether (sulfide) groups is 1. The normalized spacial score (nSPS) is 10.7. The Labute approximate surface area is 79.7 Å². The fraction of sp³-hybridized carbons (Fsp3) is 0.889. The van der Waals surface area contributed by atoms with E-state index in [1.807, 2.05) is 6.92 Å². The second-order valence-electron chi connectivity index (χ2n) is 3.14. The lowest BCUT2D eigenvalue weighted by Gasteiger charge is -2.07. The fourth-order valence-electron chi connectivity index (χ4n) is 0.784. The molecule has 0 unspecified atom stereocenters. The first kappa shape index (κ1) is 12.0. The zero-order valence-electron chi connectivity index (χ0n) is 8.30. The standard InChI is InChI=1S/C9H19NOS/c1-4-5-9(11)8-12-7-6-10(2)3/h4-8H2,1-3H3. The second kappa shape index (κ2) is 7.62. The molecule has 12 heavy (non-hydrogen) atoms. The largest absolute Gasteiger partial charge is 0.309 e. The molecule has 0 N–H and O–H groups in total. The van der Waals surface area contributed by atoms with Crippen LogP contribution >= 0.6 is 11.8 Å². The van der Waals surface area contributed by atoms with Crippen molar-refractivity contribution in [2.45, 2.75) is 19.8 Å². The lowest BCUT2D eigenvalue weighted by atomic mass is 10.3. The molecule has 0 radical (unpaired) electrons. The molecule has 0 fully saturated rings. The van der Waals surface area contributed by atoms with Gasteiger partial charge >= 0.3 is 0 Å². The van der Waals surface area contributed by atoms with Gasteiger partial charge in [0, 0.05) is 18.7 Å². The molecule has 0 aromatic heterocycles. The van der Waals surface area contributed by atoms with Gasteiger partial charge in [0.15, 0.2) is 0 Å². The summed E-state index contributed by atoms with van der Waals surface area (Å²) in [7, 11) is 4.10. The van der Waals surface area contributed by atoms with E-state index in [-0.39, 0.29) is 0 Å². The van der Waals surface area contributed by atoms with Crippen LogP contribution in [0, 0.1) is 0 Å². The molecule has 0 bridgehead atoms. The molecule has 3 heteroatoms. The Kier molecular flexibility index (Phi) is 7.61. The van der Waals surface area contributed by atoms with Gasteiger partial charge in [0.25, 0.3) is 0 Å². The van der Waals surface area contributed by atoms with Crippen LogP contribution in [0.3, 0.4) is 0 Å². The molecular weight excluding hydrogens is 170 g/mol. The summed E-state index contributed by atoms with van der Waals surface area (Å²) in [6, 6.07) is 0. The van der Waals surface area contributed by atoms with Crippen molar-refractivity contribution in [3.63, 3.8) is 0 Å². The van der Waals surface area contributed by atoms with Crippen molar-refractivity contribution in [2.75, 3.05) is 32.1 Å². The molecule has 0 saturated heterocycles.